The maximum absolute atomic E-state index is 11.5. The summed E-state index contributed by atoms with van der Waals surface area (Å²) in [5.74, 6) is 0.0648. The van der Waals surface area contributed by atoms with Gasteiger partial charge in [-0.3, -0.25) is 0 Å². The lowest BCUT2D eigenvalue weighted by Crippen LogP contribution is -2.36. The van der Waals surface area contributed by atoms with E-state index in [1.165, 1.54) is 0 Å². The van der Waals surface area contributed by atoms with Crippen molar-refractivity contribution in [1.82, 2.24) is 5.32 Å². The molecule has 0 saturated heterocycles. The zero-order chi connectivity index (χ0) is 13.8. The van der Waals surface area contributed by atoms with Gasteiger partial charge >= 0.3 is 6.09 Å². The van der Waals surface area contributed by atoms with Gasteiger partial charge in [0, 0.05) is 29.3 Å². The highest BCUT2D eigenvalue weighted by Gasteiger charge is 2.18. The van der Waals surface area contributed by atoms with Crippen molar-refractivity contribution in [3.05, 3.63) is 21.3 Å². The van der Waals surface area contributed by atoms with Crippen molar-refractivity contribution < 1.29 is 9.53 Å². The highest BCUT2D eigenvalue weighted by molar-refractivity contribution is 7.10. The largest absolute Gasteiger partial charge is 0.444 e. The molecule has 18 heavy (non-hydrogen) atoms. The summed E-state index contributed by atoms with van der Waals surface area (Å²) in [6, 6.07) is 1.88. The minimum absolute atomic E-state index is 0.0648. The van der Waals surface area contributed by atoms with Gasteiger partial charge in [-0.15, -0.1) is 11.3 Å². The van der Waals surface area contributed by atoms with Gasteiger partial charge in [0.25, 0.3) is 0 Å². The first-order valence-electron chi connectivity index (χ1n) is 5.72. The van der Waals surface area contributed by atoms with Crippen molar-refractivity contribution in [2.24, 2.45) is 5.73 Å². The predicted molar refractivity (Wildman–Crippen MR) is 75.4 cm³/mol. The summed E-state index contributed by atoms with van der Waals surface area (Å²) in [6.45, 7) is 6.37. The Morgan fingerprint density at radius 1 is 1.61 bits per heavy atom. The SMILES string of the molecule is CC(C)(C)OC(=O)NCC(CN)c1cc(Cl)cs1. The number of nitrogens with two attached hydrogens (primary N) is 1. The van der Waals surface area contributed by atoms with E-state index >= 15 is 0 Å². The van der Waals surface area contributed by atoms with Gasteiger partial charge in [0.1, 0.15) is 5.60 Å². The van der Waals surface area contributed by atoms with Crippen LogP contribution in [0.3, 0.4) is 0 Å². The van der Waals surface area contributed by atoms with Crippen LogP contribution in [-0.2, 0) is 4.74 Å². The first kappa shape index (κ1) is 15.3. The van der Waals surface area contributed by atoms with E-state index in [1.54, 1.807) is 11.3 Å². The normalized spacial score (nSPS) is 13.2. The van der Waals surface area contributed by atoms with Crippen LogP contribution in [0.2, 0.25) is 5.02 Å². The molecule has 102 valence electrons. The van der Waals surface area contributed by atoms with Crippen LogP contribution >= 0.6 is 22.9 Å². The number of amides is 1. The Bertz CT molecular complexity index is 401. The average molecular weight is 291 g/mol. The molecule has 4 nitrogen and oxygen atoms in total. The summed E-state index contributed by atoms with van der Waals surface area (Å²) in [7, 11) is 0. The quantitative estimate of drug-likeness (QED) is 0.896. The van der Waals surface area contributed by atoms with Crippen LogP contribution in [0.1, 0.15) is 31.6 Å². The lowest BCUT2D eigenvalue weighted by atomic mass is 10.1. The van der Waals surface area contributed by atoms with E-state index in [0.29, 0.717) is 18.1 Å². The van der Waals surface area contributed by atoms with Crippen molar-refractivity contribution in [3.63, 3.8) is 0 Å². The van der Waals surface area contributed by atoms with Gasteiger partial charge in [0.05, 0.1) is 5.02 Å². The van der Waals surface area contributed by atoms with E-state index < -0.39 is 11.7 Å². The third kappa shape index (κ3) is 5.25. The van der Waals surface area contributed by atoms with Gasteiger partial charge in [-0.1, -0.05) is 11.6 Å². The van der Waals surface area contributed by atoms with Gasteiger partial charge in [0.15, 0.2) is 0 Å². The van der Waals surface area contributed by atoms with Gasteiger partial charge in [0.2, 0.25) is 0 Å². The average Bonchev–Trinajstić information content (AvgIpc) is 2.63. The van der Waals surface area contributed by atoms with Crippen molar-refractivity contribution >= 4 is 29.0 Å². The Balaban J connectivity index is 2.48. The summed E-state index contributed by atoms with van der Waals surface area (Å²) in [5, 5.41) is 5.27. The molecule has 0 spiro atoms. The van der Waals surface area contributed by atoms with Crippen molar-refractivity contribution in [2.45, 2.75) is 32.3 Å². The predicted octanol–water partition coefficient (Wildman–Crippen LogP) is 2.97. The summed E-state index contributed by atoms with van der Waals surface area (Å²) in [4.78, 5) is 12.6. The molecule has 1 rings (SSSR count). The summed E-state index contributed by atoms with van der Waals surface area (Å²) < 4.78 is 5.16. The minimum Gasteiger partial charge on any atom is -0.444 e. The molecule has 1 amide bonds. The van der Waals surface area contributed by atoms with E-state index in [0.717, 1.165) is 4.88 Å². The second kappa shape index (κ2) is 6.41. The van der Waals surface area contributed by atoms with Crippen LogP contribution < -0.4 is 11.1 Å². The highest BCUT2D eigenvalue weighted by Crippen LogP contribution is 2.25. The number of thiophene rings is 1. The fourth-order valence-electron chi connectivity index (χ4n) is 1.36. The number of nitrogens with one attached hydrogen (secondary N) is 1. The number of hydrogen-bond acceptors (Lipinski definition) is 4. The summed E-state index contributed by atoms with van der Waals surface area (Å²) >= 11 is 7.41. The molecule has 1 aromatic heterocycles. The first-order chi connectivity index (χ1) is 8.31. The molecule has 1 heterocycles. The van der Waals surface area contributed by atoms with Crippen LogP contribution in [0.5, 0.6) is 0 Å². The van der Waals surface area contributed by atoms with Gasteiger partial charge in [-0.05, 0) is 26.8 Å². The maximum atomic E-state index is 11.5. The Morgan fingerprint density at radius 2 is 2.28 bits per heavy atom. The Morgan fingerprint density at radius 3 is 2.72 bits per heavy atom. The lowest BCUT2D eigenvalue weighted by molar-refractivity contribution is 0.0525. The lowest BCUT2D eigenvalue weighted by Gasteiger charge is -2.21. The van der Waals surface area contributed by atoms with Crippen molar-refractivity contribution in [2.75, 3.05) is 13.1 Å². The summed E-state index contributed by atoms with van der Waals surface area (Å²) in [5.41, 5.74) is 5.21. The molecular formula is C12H19ClN2O2S. The van der Waals surface area contributed by atoms with Crippen LogP contribution in [-0.4, -0.2) is 24.8 Å². The second-order valence-corrected chi connectivity index (χ2v) is 6.36. The van der Waals surface area contributed by atoms with E-state index in [-0.39, 0.29) is 5.92 Å². The number of halogens is 1. The number of alkyl carbamates (subject to hydrolysis) is 1. The minimum atomic E-state index is -0.492. The molecule has 0 bridgehead atoms. The molecule has 1 unspecified atom stereocenters. The van der Waals surface area contributed by atoms with E-state index in [1.807, 2.05) is 32.2 Å². The van der Waals surface area contributed by atoms with E-state index in [9.17, 15) is 4.79 Å². The number of carbonyl (C=O) groups is 1. The van der Waals surface area contributed by atoms with Crippen LogP contribution in [0.15, 0.2) is 11.4 Å². The molecule has 0 aromatic carbocycles. The van der Waals surface area contributed by atoms with Crippen molar-refractivity contribution in [3.8, 4) is 0 Å². The topological polar surface area (TPSA) is 64.3 Å². The number of ether oxygens (including phenoxy) is 1. The molecular weight excluding hydrogens is 272 g/mol. The van der Waals surface area contributed by atoms with E-state index in [2.05, 4.69) is 5.32 Å². The molecule has 1 atom stereocenters. The molecule has 0 saturated carbocycles. The molecule has 6 heteroatoms. The second-order valence-electron chi connectivity index (χ2n) is 4.98. The number of hydrogen-bond donors (Lipinski definition) is 2. The van der Waals surface area contributed by atoms with Gasteiger partial charge in [-0.25, -0.2) is 4.79 Å². The van der Waals surface area contributed by atoms with Crippen LogP contribution in [0.4, 0.5) is 4.79 Å². The van der Waals surface area contributed by atoms with Crippen LogP contribution in [0, 0.1) is 0 Å². The third-order valence-electron chi connectivity index (χ3n) is 2.17. The molecule has 1 aromatic rings. The Kier molecular flexibility index (Phi) is 5.44. The zero-order valence-corrected chi connectivity index (χ0v) is 12.4. The fourth-order valence-corrected chi connectivity index (χ4v) is 2.56. The highest BCUT2D eigenvalue weighted by atomic mass is 35.5. The molecule has 0 radical (unpaired) electrons. The summed E-state index contributed by atoms with van der Waals surface area (Å²) in [6.07, 6.45) is -0.427. The first-order valence-corrected chi connectivity index (χ1v) is 6.98. The Labute approximate surface area is 116 Å². The fraction of sp³-hybridized carbons (Fsp3) is 0.583. The maximum Gasteiger partial charge on any atom is 0.407 e. The zero-order valence-electron chi connectivity index (χ0n) is 10.8. The number of carbonyl (C=O) groups excluding carboxylic acids is 1. The van der Waals surface area contributed by atoms with Crippen LogP contribution in [0.25, 0.3) is 0 Å². The van der Waals surface area contributed by atoms with Gasteiger partial charge < -0.3 is 15.8 Å². The van der Waals surface area contributed by atoms with Gasteiger partial charge in [-0.2, -0.15) is 0 Å². The smallest absolute Gasteiger partial charge is 0.407 e. The molecule has 3 N–H and O–H groups in total. The Hall–Kier alpha value is -0.780. The molecule has 0 aliphatic rings. The monoisotopic (exact) mass is 290 g/mol. The molecule has 0 aliphatic heterocycles. The van der Waals surface area contributed by atoms with E-state index in [4.69, 9.17) is 22.1 Å². The standard InChI is InChI=1S/C12H19ClN2O2S/c1-12(2,3)17-11(16)15-6-8(5-14)10-4-9(13)7-18-10/h4,7-8H,5-6,14H2,1-3H3,(H,15,16). The van der Waals surface area contributed by atoms with Crippen molar-refractivity contribution in [1.29, 1.82) is 0 Å². The molecule has 0 aliphatic carbocycles. The third-order valence-corrected chi connectivity index (χ3v) is 3.61. The molecule has 0 fully saturated rings. The number of rotatable bonds is 4.